The predicted molar refractivity (Wildman–Crippen MR) is 96.2 cm³/mol. The van der Waals surface area contributed by atoms with Crippen LogP contribution < -0.4 is 9.80 Å². The Balaban J connectivity index is 1.79. The number of fused-ring (bicyclic) bond motifs is 1. The summed E-state index contributed by atoms with van der Waals surface area (Å²) in [5, 5.41) is -0.218. The highest BCUT2D eigenvalue weighted by atomic mass is 32.2. The van der Waals surface area contributed by atoms with Gasteiger partial charge in [-0.15, -0.1) is 11.8 Å². The van der Waals surface area contributed by atoms with E-state index >= 15 is 0 Å². The first-order valence-corrected chi connectivity index (χ1v) is 9.50. The lowest BCUT2D eigenvalue weighted by molar-refractivity contribution is -0.896. The normalized spacial score (nSPS) is 23.1. The Hall–Kier alpha value is -1.86. The maximum atomic E-state index is 12.5. The van der Waals surface area contributed by atoms with Gasteiger partial charge in [0, 0.05) is 5.75 Å². The first-order chi connectivity index (χ1) is 11.9. The molecule has 0 aliphatic carbocycles. The van der Waals surface area contributed by atoms with E-state index in [-0.39, 0.29) is 11.2 Å². The molecule has 1 fully saturated rings. The number of carbonyl (C=O) groups excluding carboxylic acids is 3. The fourth-order valence-corrected chi connectivity index (χ4v) is 4.53. The third kappa shape index (κ3) is 3.43. The van der Waals surface area contributed by atoms with Crippen molar-refractivity contribution < 1.29 is 24.0 Å². The van der Waals surface area contributed by atoms with E-state index in [1.165, 1.54) is 7.11 Å². The third-order valence-corrected chi connectivity index (χ3v) is 5.96. The van der Waals surface area contributed by atoms with Crippen LogP contribution in [0.15, 0.2) is 18.2 Å². The number of anilines is 1. The predicted octanol–water partition coefficient (Wildman–Crippen LogP) is 0.470. The molecule has 0 saturated carbocycles. The molecule has 2 heterocycles. The van der Waals surface area contributed by atoms with Crippen LogP contribution in [-0.2, 0) is 14.3 Å². The van der Waals surface area contributed by atoms with Crippen molar-refractivity contribution in [1.82, 2.24) is 0 Å². The number of hydrogen-bond acceptors (Lipinski definition) is 5. The molecule has 2 aliphatic heterocycles. The largest absolute Gasteiger partial charge is 0.468 e. The summed E-state index contributed by atoms with van der Waals surface area (Å²) >= 11 is 1.58. The van der Waals surface area contributed by atoms with Crippen molar-refractivity contribution in [2.75, 3.05) is 37.5 Å². The van der Waals surface area contributed by atoms with E-state index in [1.54, 1.807) is 16.7 Å². The molecule has 1 saturated heterocycles. The van der Waals surface area contributed by atoms with Crippen LogP contribution in [-0.4, -0.2) is 55.5 Å². The van der Waals surface area contributed by atoms with Crippen molar-refractivity contribution in [1.29, 1.82) is 0 Å². The molecule has 134 valence electrons. The summed E-state index contributed by atoms with van der Waals surface area (Å²) < 4.78 is 4.83. The highest BCUT2D eigenvalue weighted by Crippen LogP contribution is 2.31. The minimum Gasteiger partial charge on any atom is -0.468 e. The quantitative estimate of drug-likeness (QED) is 0.622. The van der Waals surface area contributed by atoms with Crippen LogP contribution in [0.25, 0.3) is 0 Å². The zero-order valence-electron chi connectivity index (χ0n) is 14.7. The topological polar surface area (TPSA) is 68.1 Å². The van der Waals surface area contributed by atoms with Gasteiger partial charge in [0.15, 0.2) is 11.9 Å². The molecule has 0 aromatic heterocycles. The molecule has 0 spiro atoms. The van der Waals surface area contributed by atoms with Gasteiger partial charge < -0.3 is 9.64 Å². The number of esters is 1. The van der Waals surface area contributed by atoms with Gasteiger partial charge in [0.25, 0.3) is 5.78 Å². The summed E-state index contributed by atoms with van der Waals surface area (Å²) in [5.41, 5.74) is 2.22. The highest BCUT2D eigenvalue weighted by Gasteiger charge is 2.39. The maximum absolute atomic E-state index is 12.5. The van der Waals surface area contributed by atoms with E-state index in [0.717, 1.165) is 22.8 Å². The van der Waals surface area contributed by atoms with E-state index in [9.17, 15) is 14.4 Å². The molecule has 1 aromatic rings. The molecule has 2 aliphatic rings. The smallest absolute Gasteiger partial charge is 0.324 e. The van der Waals surface area contributed by atoms with Crippen molar-refractivity contribution in [2.24, 2.45) is 0 Å². The molecule has 2 atom stereocenters. The van der Waals surface area contributed by atoms with Gasteiger partial charge in [-0.1, -0.05) is 19.9 Å². The number of amides is 1. The monoisotopic (exact) mass is 363 g/mol. The Morgan fingerprint density at radius 2 is 2.16 bits per heavy atom. The summed E-state index contributed by atoms with van der Waals surface area (Å²) in [5.74, 6) is -0.0191. The van der Waals surface area contributed by atoms with Gasteiger partial charge >= 0.3 is 11.9 Å². The Labute approximate surface area is 151 Å². The zero-order chi connectivity index (χ0) is 18.1. The first-order valence-electron chi connectivity index (χ1n) is 8.45. The van der Waals surface area contributed by atoms with Crippen molar-refractivity contribution in [2.45, 2.75) is 25.0 Å². The average Bonchev–Trinajstić information content (AvgIpc) is 2.85. The van der Waals surface area contributed by atoms with Gasteiger partial charge in [-0.2, -0.15) is 0 Å². The van der Waals surface area contributed by atoms with Crippen molar-refractivity contribution in [3.8, 4) is 0 Å². The molecular weight excluding hydrogens is 340 g/mol. The summed E-state index contributed by atoms with van der Waals surface area (Å²) in [4.78, 5) is 39.3. The van der Waals surface area contributed by atoms with Gasteiger partial charge in [0.1, 0.15) is 6.54 Å². The minimum atomic E-state index is -0.476. The summed E-state index contributed by atoms with van der Waals surface area (Å²) in [6.45, 7) is 5.95. The van der Waals surface area contributed by atoms with Crippen molar-refractivity contribution >= 4 is 35.1 Å². The SMILES string of the molecule is COC(=O)[C@H]1C[NH+](CN2C(=O)C(=O)c3cc(C(C)C)ccc32)CCS1. The van der Waals surface area contributed by atoms with Crippen LogP contribution in [0.5, 0.6) is 0 Å². The number of Topliss-reactive ketones (excluding diaryl/α,β-unsaturated/α-hetero) is 1. The molecule has 1 N–H and O–H groups in total. The number of benzene rings is 1. The molecule has 0 radical (unpaired) electrons. The Bertz CT molecular complexity index is 719. The van der Waals surface area contributed by atoms with E-state index in [1.807, 2.05) is 18.2 Å². The number of hydrogen-bond donors (Lipinski definition) is 1. The lowest BCUT2D eigenvalue weighted by Crippen LogP contribution is -3.16. The molecule has 3 rings (SSSR count). The molecule has 1 unspecified atom stereocenters. The van der Waals surface area contributed by atoms with Gasteiger partial charge in [0.05, 0.1) is 24.9 Å². The van der Waals surface area contributed by atoms with Gasteiger partial charge in [-0.3, -0.25) is 19.3 Å². The number of thioether (sulfide) groups is 1. The number of ether oxygens (including phenoxy) is 1. The number of ketones is 1. The van der Waals surface area contributed by atoms with Crippen molar-refractivity contribution in [3.63, 3.8) is 0 Å². The number of nitrogens with one attached hydrogen (secondary N) is 1. The Kier molecular flexibility index (Phi) is 5.15. The number of methoxy groups -OCH3 is 1. The van der Waals surface area contributed by atoms with Crippen LogP contribution in [0, 0.1) is 0 Å². The van der Waals surface area contributed by atoms with Crippen LogP contribution in [0.1, 0.15) is 35.7 Å². The fourth-order valence-electron chi connectivity index (χ4n) is 3.25. The van der Waals surface area contributed by atoms with E-state index in [4.69, 9.17) is 4.74 Å². The van der Waals surface area contributed by atoms with Crippen LogP contribution in [0.2, 0.25) is 0 Å². The second-order valence-electron chi connectivity index (χ2n) is 6.74. The van der Waals surface area contributed by atoms with E-state index in [0.29, 0.717) is 30.4 Å². The standard InChI is InChI=1S/C18H22N2O4S/c1-11(2)12-4-5-14-13(8-12)16(21)17(22)20(14)10-19-6-7-25-15(9-19)18(23)24-3/h4-5,8,11,15H,6-7,9-10H2,1-3H3/p+1/t15-/m1/s1. The average molecular weight is 363 g/mol. The van der Waals surface area contributed by atoms with Gasteiger partial charge in [-0.25, -0.2) is 0 Å². The second-order valence-corrected chi connectivity index (χ2v) is 8.05. The number of quaternary nitrogens is 1. The zero-order valence-corrected chi connectivity index (χ0v) is 15.5. The summed E-state index contributed by atoms with van der Waals surface area (Å²) in [6, 6.07) is 5.67. The maximum Gasteiger partial charge on any atom is 0.324 e. The summed E-state index contributed by atoms with van der Waals surface area (Å²) in [6.07, 6.45) is 0. The fraction of sp³-hybridized carbons (Fsp3) is 0.500. The molecule has 25 heavy (non-hydrogen) atoms. The van der Waals surface area contributed by atoms with E-state index < -0.39 is 11.7 Å². The molecule has 1 aromatic carbocycles. The molecular formula is C18H23N2O4S+. The lowest BCUT2D eigenvalue weighted by atomic mass is 9.99. The number of carbonyl (C=O) groups is 3. The molecule has 1 amide bonds. The Morgan fingerprint density at radius 1 is 1.40 bits per heavy atom. The number of rotatable bonds is 4. The van der Waals surface area contributed by atoms with Crippen LogP contribution >= 0.6 is 11.8 Å². The third-order valence-electron chi connectivity index (χ3n) is 4.76. The van der Waals surface area contributed by atoms with Crippen LogP contribution in [0.4, 0.5) is 5.69 Å². The Morgan fingerprint density at radius 3 is 2.84 bits per heavy atom. The van der Waals surface area contributed by atoms with Gasteiger partial charge in [0.2, 0.25) is 0 Å². The van der Waals surface area contributed by atoms with Gasteiger partial charge in [-0.05, 0) is 23.6 Å². The first kappa shape index (κ1) is 17.9. The second kappa shape index (κ2) is 7.17. The minimum absolute atomic E-state index is 0.218. The molecule has 7 heteroatoms. The van der Waals surface area contributed by atoms with Crippen LogP contribution in [0.3, 0.4) is 0 Å². The highest BCUT2D eigenvalue weighted by molar-refractivity contribution is 8.00. The van der Waals surface area contributed by atoms with E-state index in [2.05, 4.69) is 13.8 Å². The molecule has 0 bridgehead atoms. The van der Waals surface area contributed by atoms with Crippen molar-refractivity contribution in [3.05, 3.63) is 29.3 Å². The number of nitrogens with zero attached hydrogens (tertiary/aromatic N) is 1. The molecule has 6 nitrogen and oxygen atoms in total. The lowest BCUT2D eigenvalue weighted by Gasteiger charge is -2.30. The summed E-state index contributed by atoms with van der Waals surface area (Å²) in [7, 11) is 1.39.